The molecular formula is C12H24N2O4. The molecule has 0 unspecified atom stereocenters. The van der Waals surface area contributed by atoms with Gasteiger partial charge >= 0.3 is 5.97 Å². The maximum Gasteiger partial charge on any atom is 0.305 e. The second kappa shape index (κ2) is 11.0. The summed E-state index contributed by atoms with van der Waals surface area (Å²) < 4.78 is 0. The fourth-order valence-electron chi connectivity index (χ4n) is 1.58. The number of aliphatic carboxylic acids is 1. The van der Waals surface area contributed by atoms with Crippen molar-refractivity contribution < 1.29 is 19.9 Å². The number of nitrogens with two attached hydrogens (primary N) is 1. The summed E-state index contributed by atoms with van der Waals surface area (Å²) in [6, 6.07) is 0. The summed E-state index contributed by atoms with van der Waals surface area (Å²) in [5.41, 5.74) is 5.37. The lowest BCUT2D eigenvalue weighted by molar-refractivity contribution is -0.167. The van der Waals surface area contributed by atoms with Crippen molar-refractivity contribution in [2.75, 3.05) is 13.1 Å². The van der Waals surface area contributed by atoms with Crippen LogP contribution in [0.5, 0.6) is 0 Å². The maximum absolute atomic E-state index is 11.4. The molecule has 0 atom stereocenters. The molecule has 0 rings (SSSR count). The molecular weight excluding hydrogens is 236 g/mol. The molecule has 0 aliphatic rings. The Balaban J connectivity index is 3.43. The first-order valence-electron chi connectivity index (χ1n) is 6.49. The van der Waals surface area contributed by atoms with E-state index < -0.39 is 11.9 Å². The maximum atomic E-state index is 11.4. The van der Waals surface area contributed by atoms with Gasteiger partial charge in [0.2, 0.25) is 5.91 Å². The summed E-state index contributed by atoms with van der Waals surface area (Å²) >= 11 is 0. The summed E-state index contributed by atoms with van der Waals surface area (Å²) in [5.74, 6) is -1.43. The minimum Gasteiger partial charge on any atom is -0.481 e. The first-order valence-corrected chi connectivity index (χ1v) is 6.49. The van der Waals surface area contributed by atoms with Gasteiger partial charge in [-0.05, 0) is 19.4 Å². The largest absolute Gasteiger partial charge is 0.481 e. The fourth-order valence-corrected chi connectivity index (χ4v) is 1.58. The Bertz CT molecular complexity index is 246. The fraction of sp³-hybridized carbons (Fsp3) is 0.833. The minimum atomic E-state index is -1.03. The van der Waals surface area contributed by atoms with Crippen LogP contribution in [0.1, 0.15) is 51.4 Å². The van der Waals surface area contributed by atoms with Crippen LogP contribution in [0.25, 0.3) is 0 Å². The predicted octanol–water partition coefficient (Wildman–Crippen LogP) is 1.37. The molecule has 0 fully saturated rings. The Kier molecular flexibility index (Phi) is 10.3. The highest BCUT2D eigenvalue weighted by molar-refractivity contribution is 5.75. The average Bonchev–Trinajstić information content (AvgIpc) is 2.34. The zero-order chi connectivity index (χ0) is 13.8. The molecule has 18 heavy (non-hydrogen) atoms. The zero-order valence-electron chi connectivity index (χ0n) is 10.8. The Labute approximate surface area is 108 Å². The van der Waals surface area contributed by atoms with E-state index in [1.165, 1.54) is 0 Å². The molecule has 1 amide bonds. The molecule has 0 saturated heterocycles. The highest BCUT2D eigenvalue weighted by Gasteiger charge is 2.11. The monoisotopic (exact) mass is 260 g/mol. The van der Waals surface area contributed by atoms with Gasteiger partial charge in [0, 0.05) is 6.42 Å². The predicted molar refractivity (Wildman–Crippen MR) is 67.1 cm³/mol. The molecule has 0 aromatic heterocycles. The van der Waals surface area contributed by atoms with Gasteiger partial charge in [-0.2, -0.15) is 0 Å². The van der Waals surface area contributed by atoms with E-state index >= 15 is 0 Å². The van der Waals surface area contributed by atoms with Crippen LogP contribution in [-0.4, -0.2) is 40.3 Å². The number of carbonyl (C=O) groups excluding carboxylic acids is 1. The van der Waals surface area contributed by atoms with E-state index in [-0.39, 0.29) is 19.4 Å². The molecule has 0 spiro atoms. The van der Waals surface area contributed by atoms with Gasteiger partial charge in [0.25, 0.3) is 0 Å². The number of nitrogens with zero attached hydrogens (tertiary/aromatic N) is 1. The quantitative estimate of drug-likeness (QED) is 0.296. The van der Waals surface area contributed by atoms with Gasteiger partial charge in [-0.1, -0.05) is 25.7 Å². The summed E-state index contributed by atoms with van der Waals surface area (Å²) in [4.78, 5) is 21.6. The minimum absolute atomic E-state index is 0.148. The Morgan fingerprint density at radius 3 is 2.06 bits per heavy atom. The first-order chi connectivity index (χ1) is 8.57. The lowest BCUT2D eigenvalue weighted by Gasteiger charge is -2.13. The molecule has 4 N–H and O–H groups in total. The molecule has 0 aromatic rings. The number of carbonyl (C=O) groups is 2. The van der Waals surface area contributed by atoms with Gasteiger partial charge in [0.15, 0.2) is 0 Å². The highest BCUT2D eigenvalue weighted by Crippen LogP contribution is 2.07. The molecule has 6 heteroatoms. The van der Waals surface area contributed by atoms with Gasteiger partial charge < -0.3 is 10.8 Å². The van der Waals surface area contributed by atoms with Crippen molar-refractivity contribution in [2.45, 2.75) is 51.4 Å². The number of hydroxylamine groups is 2. The van der Waals surface area contributed by atoms with Gasteiger partial charge in [-0.3, -0.25) is 14.8 Å². The third-order valence-electron chi connectivity index (χ3n) is 2.67. The van der Waals surface area contributed by atoms with E-state index in [0.29, 0.717) is 5.06 Å². The van der Waals surface area contributed by atoms with Crippen LogP contribution in [0, 0.1) is 0 Å². The summed E-state index contributed by atoms with van der Waals surface area (Å²) in [6.45, 7) is 0.576. The first kappa shape index (κ1) is 16.9. The van der Waals surface area contributed by atoms with Crippen LogP contribution in [0.2, 0.25) is 0 Å². The molecule has 0 radical (unpaired) electrons. The third kappa shape index (κ3) is 10.0. The van der Waals surface area contributed by atoms with Crippen LogP contribution in [-0.2, 0) is 9.59 Å². The molecule has 0 heterocycles. The van der Waals surface area contributed by atoms with Crippen molar-refractivity contribution in [3.63, 3.8) is 0 Å². The molecule has 0 aromatic carbocycles. The zero-order valence-corrected chi connectivity index (χ0v) is 10.8. The lowest BCUT2D eigenvalue weighted by atomic mass is 10.1. The topological polar surface area (TPSA) is 104 Å². The molecule has 0 saturated carbocycles. The van der Waals surface area contributed by atoms with Crippen molar-refractivity contribution in [2.24, 2.45) is 5.73 Å². The molecule has 106 valence electrons. The van der Waals surface area contributed by atoms with E-state index in [1.807, 2.05) is 0 Å². The lowest BCUT2D eigenvalue weighted by Crippen LogP contribution is -2.29. The summed E-state index contributed by atoms with van der Waals surface area (Å²) in [6.07, 6.45) is 6.05. The van der Waals surface area contributed by atoms with Crippen molar-refractivity contribution in [3.05, 3.63) is 0 Å². The second-order valence-corrected chi connectivity index (χ2v) is 4.32. The number of hydrogen-bond donors (Lipinski definition) is 3. The van der Waals surface area contributed by atoms with Crippen molar-refractivity contribution in [1.82, 2.24) is 5.06 Å². The van der Waals surface area contributed by atoms with Crippen molar-refractivity contribution >= 4 is 11.9 Å². The van der Waals surface area contributed by atoms with E-state index in [2.05, 4.69) is 0 Å². The number of carboxylic acid groups (broad SMARTS) is 1. The van der Waals surface area contributed by atoms with Gasteiger partial charge in [0.1, 0.15) is 0 Å². The molecule has 6 nitrogen and oxygen atoms in total. The van der Waals surface area contributed by atoms with Gasteiger partial charge in [0.05, 0.1) is 13.0 Å². The summed E-state index contributed by atoms with van der Waals surface area (Å²) in [5, 5.41) is 18.2. The van der Waals surface area contributed by atoms with Crippen LogP contribution < -0.4 is 5.73 Å². The van der Waals surface area contributed by atoms with Gasteiger partial charge in [-0.25, -0.2) is 5.06 Å². The number of rotatable bonds is 11. The van der Waals surface area contributed by atoms with Crippen molar-refractivity contribution in [3.8, 4) is 0 Å². The van der Waals surface area contributed by atoms with Crippen LogP contribution in [0.15, 0.2) is 0 Å². The number of carboxylic acids is 1. The number of amides is 1. The molecule has 0 bridgehead atoms. The smallest absolute Gasteiger partial charge is 0.305 e. The summed E-state index contributed by atoms with van der Waals surface area (Å²) in [7, 11) is 0. The van der Waals surface area contributed by atoms with E-state index in [0.717, 1.165) is 45.1 Å². The average molecular weight is 260 g/mol. The Morgan fingerprint density at radius 2 is 1.50 bits per heavy atom. The standard InChI is InChI=1S/C12H24N2O4/c13-9-6-4-2-1-3-5-7-11(15)14(18)10-8-12(16)17/h18H,1-10,13H2,(H,16,17). The SMILES string of the molecule is NCCCCCCCCC(=O)N(O)CCC(=O)O. The second-order valence-electron chi connectivity index (χ2n) is 4.32. The van der Waals surface area contributed by atoms with Crippen LogP contribution in [0.4, 0.5) is 0 Å². The molecule has 0 aliphatic heterocycles. The Morgan fingerprint density at radius 1 is 0.944 bits per heavy atom. The van der Waals surface area contributed by atoms with E-state index in [1.54, 1.807) is 0 Å². The van der Waals surface area contributed by atoms with Gasteiger partial charge in [-0.15, -0.1) is 0 Å². The van der Waals surface area contributed by atoms with Crippen molar-refractivity contribution in [1.29, 1.82) is 0 Å². The Hall–Kier alpha value is -1.14. The normalized spacial score (nSPS) is 10.3. The highest BCUT2D eigenvalue weighted by atomic mass is 16.5. The number of hydrogen-bond acceptors (Lipinski definition) is 4. The third-order valence-corrected chi connectivity index (χ3v) is 2.67. The number of unbranched alkanes of at least 4 members (excludes halogenated alkanes) is 5. The molecule has 0 aliphatic carbocycles. The van der Waals surface area contributed by atoms with E-state index in [9.17, 15) is 14.8 Å². The van der Waals surface area contributed by atoms with Crippen LogP contribution in [0.3, 0.4) is 0 Å². The van der Waals surface area contributed by atoms with Crippen LogP contribution >= 0.6 is 0 Å². The van der Waals surface area contributed by atoms with E-state index in [4.69, 9.17) is 10.8 Å².